The second kappa shape index (κ2) is 3.87. The standard InChI is InChI=1S/C9H13N3O2/c1-2-14-8-6(9(12)13)3-5(10)4-7(8)11/h3-4H,2,10-11H2,1H3,(H2,12,13). The van der Waals surface area contributed by atoms with Gasteiger partial charge in [-0.3, -0.25) is 4.79 Å². The highest BCUT2D eigenvalue weighted by atomic mass is 16.5. The number of rotatable bonds is 3. The topological polar surface area (TPSA) is 104 Å². The van der Waals surface area contributed by atoms with E-state index in [1.165, 1.54) is 12.1 Å². The van der Waals surface area contributed by atoms with E-state index >= 15 is 0 Å². The molecule has 0 aliphatic heterocycles. The van der Waals surface area contributed by atoms with Crippen LogP contribution in [-0.4, -0.2) is 12.5 Å². The highest BCUT2D eigenvalue weighted by Crippen LogP contribution is 2.29. The van der Waals surface area contributed by atoms with Gasteiger partial charge < -0.3 is 21.9 Å². The van der Waals surface area contributed by atoms with E-state index in [0.29, 0.717) is 23.7 Å². The summed E-state index contributed by atoms with van der Waals surface area (Å²) in [5.41, 5.74) is 17.2. The molecule has 0 radical (unpaired) electrons. The van der Waals surface area contributed by atoms with E-state index < -0.39 is 5.91 Å². The third-order valence-corrected chi connectivity index (χ3v) is 1.69. The van der Waals surface area contributed by atoms with E-state index in [1.54, 1.807) is 6.92 Å². The third kappa shape index (κ3) is 1.87. The SMILES string of the molecule is CCOc1c(N)cc(N)cc1C(N)=O. The number of anilines is 2. The normalized spacial score (nSPS) is 9.79. The minimum absolute atomic E-state index is 0.212. The molecule has 1 rings (SSSR count). The van der Waals surface area contributed by atoms with Gasteiger partial charge in [0, 0.05) is 5.69 Å². The zero-order valence-corrected chi connectivity index (χ0v) is 7.91. The Morgan fingerprint density at radius 3 is 2.57 bits per heavy atom. The Kier molecular flexibility index (Phi) is 2.81. The van der Waals surface area contributed by atoms with Gasteiger partial charge in [0.25, 0.3) is 5.91 Å². The highest BCUT2D eigenvalue weighted by Gasteiger charge is 2.13. The lowest BCUT2D eigenvalue weighted by molar-refractivity contribution is 0.0997. The van der Waals surface area contributed by atoms with Gasteiger partial charge in [0.05, 0.1) is 17.9 Å². The smallest absolute Gasteiger partial charge is 0.252 e. The van der Waals surface area contributed by atoms with Crippen LogP contribution in [0.3, 0.4) is 0 Å². The van der Waals surface area contributed by atoms with Gasteiger partial charge in [0.1, 0.15) is 0 Å². The van der Waals surface area contributed by atoms with E-state index in [-0.39, 0.29) is 5.56 Å². The molecule has 1 amide bonds. The van der Waals surface area contributed by atoms with E-state index in [2.05, 4.69) is 0 Å². The van der Waals surface area contributed by atoms with Gasteiger partial charge in [-0.25, -0.2) is 0 Å². The van der Waals surface area contributed by atoms with E-state index in [1.807, 2.05) is 0 Å². The van der Waals surface area contributed by atoms with Crippen molar-refractivity contribution in [3.8, 4) is 5.75 Å². The van der Waals surface area contributed by atoms with Crippen molar-refractivity contribution in [1.29, 1.82) is 0 Å². The maximum Gasteiger partial charge on any atom is 0.252 e. The Morgan fingerprint density at radius 2 is 2.07 bits per heavy atom. The van der Waals surface area contributed by atoms with Gasteiger partial charge in [-0.15, -0.1) is 0 Å². The lowest BCUT2D eigenvalue weighted by atomic mass is 10.1. The quantitative estimate of drug-likeness (QED) is 0.605. The molecule has 76 valence electrons. The lowest BCUT2D eigenvalue weighted by Crippen LogP contribution is -2.14. The first-order valence-electron chi connectivity index (χ1n) is 4.17. The van der Waals surface area contributed by atoms with E-state index in [9.17, 15) is 4.79 Å². The van der Waals surface area contributed by atoms with Gasteiger partial charge in [-0.1, -0.05) is 0 Å². The summed E-state index contributed by atoms with van der Waals surface area (Å²) in [5.74, 6) is -0.304. The average molecular weight is 195 g/mol. The molecule has 0 aliphatic rings. The van der Waals surface area contributed by atoms with Gasteiger partial charge in [0.2, 0.25) is 0 Å². The van der Waals surface area contributed by atoms with Crippen molar-refractivity contribution in [2.75, 3.05) is 18.1 Å². The molecule has 0 saturated carbocycles. The fourth-order valence-electron chi connectivity index (χ4n) is 1.16. The predicted molar refractivity (Wildman–Crippen MR) is 55.0 cm³/mol. The van der Waals surface area contributed by atoms with Crippen LogP contribution in [0.15, 0.2) is 12.1 Å². The van der Waals surface area contributed by atoms with Crippen molar-refractivity contribution in [3.05, 3.63) is 17.7 Å². The highest BCUT2D eigenvalue weighted by molar-refractivity contribution is 5.98. The molecule has 0 aromatic heterocycles. The summed E-state index contributed by atoms with van der Waals surface area (Å²) in [6, 6.07) is 2.97. The Labute approximate surface area is 81.8 Å². The van der Waals surface area contributed by atoms with Crippen LogP contribution < -0.4 is 21.9 Å². The summed E-state index contributed by atoms with van der Waals surface area (Å²) < 4.78 is 5.20. The Bertz CT molecular complexity index is 363. The number of nitrogen functional groups attached to an aromatic ring is 2. The largest absolute Gasteiger partial charge is 0.491 e. The van der Waals surface area contributed by atoms with Crippen LogP contribution in [0.2, 0.25) is 0 Å². The summed E-state index contributed by atoms with van der Waals surface area (Å²) >= 11 is 0. The molecule has 0 unspecified atom stereocenters. The summed E-state index contributed by atoms with van der Waals surface area (Å²) in [6.07, 6.45) is 0. The van der Waals surface area contributed by atoms with Crippen LogP contribution in [0.25, 0.3) is 0 Å². The molecule has 1 aromatic rings. The molecule has 14 heavy (non-hydrogen) atoms. The molecule has 5 nitrogen and oxygen atoms in total. The molecular weight excluding hydrogens is 182 g/mol. The Balaban J connectivity index is 3.28. The summed E-state index contributed by atoms with van der Waals surface area (Å²) in [7, 11) is 0. The van der Waals surface area contributed by atoms with Crippen LogP contribution >= 0.6 is 0 Å². The monoisotopic (exact) mass is 195 g/mol. The first-order chi connectivity index (χ1) is 6.56. The molecule has 0 fully saturated rings. The number of primary amides is 1. The molecule has 0 saturated heterocycles. The minimum Gasteiger partial charge on any atom is -0.491 e. The van der Waals surface area contributed by atoms with E-state index in [4.69, 9.17) is 21.9 Å². The lowest BCUT2D eigenvalue weighted by Gasteiger charge is -2.11. The van der Waals surface area contributed by atoms with Gasteiger partial charge >= 0.3 is 0 Å². The summed E-state index contributed by atoms with van der Waals surface area (Å²) in [4.78, 5) is 11.0. The number of hydrogen-bond donors (Lipinski definition) is 3. The van der Waals surface area contributed by atoms with Crippen LogP contribution in [-0.2, 0) is 0 Å². The van der Waals surface area contributed by atoms with Crippen molar-refractivity contribution in [2.24, 2.45) is 5.73 Å². The van der Waals surface area contributed by atoms with Crippen molar-refractivity contribution in [3.63, 3.8) is 0 Å². The predicted octanol–water partition coefficient (Wildman–Crippen LogP) is 0.349. The molecule has 6 N–H and O–H groups in total. The number of benzene rings is 1. The van der Waals surface area contributed by atoms with Crippen molar-refractivity contribution >= 4 is 17.3 Å². The summed E-state index contributed by atoms with van der Waals surface area (Å²) in [6.45, 7) is 2.20. The first-order valence-corrected chi connectivity index (χ1v) is 4.17. The number of hydrogen-bond acceptors (Lipinski definition) is 4. The summed E-state index contributed by atoms with van der Waals surface area (Å²) in [5, 5.41) is 0. The zero-order chi connectivity index (χ0) is 10.7. The fourth-order valence-corrected chi connectivity index (χ4v) is 1.16. The third-order valence-electron chi connectivity index (χ3n) is 1.69. The fraction of sp³-hybridized carbons (Fsp3) is 0.222. The molecule has 5 heteroatoms. The molecule has 1 aromatic carbocycles. The second-order valence-electron chi connectivity index (χ2n) is 2.78. The maximum atomic E-state index is 11.0. The molecular formula is C9H13N3O2. The molecule has 0 atom stereocenters. The molecule has 0 aliphatic carbocycles. The maximum absolute atomic E-state index is 11.0. The minimum atomic E-state index is -0.604. The number of nitrogens with two attached hydrogens (primary N) is 3. The number of carbonyl (C=O) groups excluding carboxylic acids is 1. The molecule has 0 heterocycles. The van der Waals surface area contributed by atoms with Crippen LogP contribution in [0, 0.1) is 0 Å². The number of carbonyl (C=O) groups is 1. The Hall–Kier alpha value is -1.91. The first kappa shape index (κ1) is 10.2. The Morgan fingerprint density at radius 1 is 1.43 bits per heavy atom. The van der Waals surface area contributed by atoms with Crippen LogP contribution in [0.1, 0.15) is 17.3 Å². The van der Waals surface area contributed by atoms with E-state index in [0.717, 1.165) is 0 Å². The molecule has 0 bridgehead atoms. The second-order valence-corrected chi connectivity index (χ2v) is 2.78. The van der Waals surface area contributed by atoms with Crippen molar-refractivity contribution < 1.29 is 9.53 Å². The molecule has 0 spiro atoms. The number of amides is 1. The number of ether oxygens (including phenoxy) is 1. The van der Waals surface area contributed by atoms with Crippen molar-refractivity contribution in [2.45, 2.75) is 6.92 Å². The van der Waals surface area contributed by atoms with Gasteiger partial charge in [0.15, 0.2) is 5.75 Å². The average Bonchev–Trinajstić information content (AvgIpc) is 2.09. The zero-order valence-electron chi connectivity index (χ0n) is 7.91. The van der Waals surface area contributed by atoms with Gasteiger partial charge in [-0.2, -0.15) is 0 Å². The van der Waals surface area contributed by atoms with Gasteiger partial charge in [-0.05, 0) is 19.1 Å². The van der Waals surface area contributed by atoms with Crippen LogP contribution in [0.4, 0.5) is 11.4 Å². The van der Waals surface area contributed by atoms with Crippen LogP contribution in [0.5, 0.6) is 5.75 Å². The van der Waals surface area contributed by atoms with Crippen molar-refractivity contribution in [1.82, 2.24) is 0 Å².